The van der Waals surface area contributed by atoms with Crippen LogP contribution in [-0.2, 0) is 4.79 Å². The van der Waals surface area contributed by atoms with Crippen LogP contribution in [0.25, 0.3) is 0 Å². The van der Waals surface area contributed by atoms with Crippen LogP contribution in [0.4, 0.5) is 18.9 Å². The number of rotatable bonds is 2. The third-order valence-electron chi connectivity index (χ3n) is 3.83. The largest absolute Gasteiger partial charge is 0.477 e. The van der Waals surface area contributed by atoms with E-state index in [1.807, 2.05) is 0 Å². The van der Waals surface area contributed by atoms with Gasteiger partial charge in [0.1, 0.15) is 0 Å². The number of hydrogen-bond donors (Lipinski definition) is 2. The highest BCUT2D eigenvalue weighted by molar-refractivity contribution is 7.81. The second-order valence-corrected chi connectivity index (χ2v) is 6.80. The van der Waals surface area contributed by atoms with Gasteiger partial charge in [0.15, 0.2) is 16.1 Å². The molecule has 2 aliphatic rings. The van der Waals surface area contributed by atoms with Gasteiger partial charge in [-0.1, -0.05) is 11.6 Å². The molecule has 2 aliphatic heterocycles. The fourth-order valence-corrected chi connectivity index (χ4v) is 3.34. The van der Waals surface area contributed by atoms with Crippen molar-refractivity contribution in [3.05, 3.63) is 29.3 Å². The second-order valence-electron chi connectivity index (χ2n) is 5.59. The van der Waals surface area contributed by atoms with Crippen molar-refractivity contribution in [2.75, 3.05) is 13.1 Å². The molecule has 2 heterocycles. The van der Waals surface area contributed by atoms with Gasteiger partial charge >= 0.3 is 11.9 Å². The molecule has 1 aromatic rings. The molecule has 0 spiro atoms. The molecule has 1 unspecified atom stereocenters. The summed E-state index contributed by atoms with van der Waals surface area (Å²) in [5.74, 6) is -2.59. The lowest BCUT2D eigenvalue weighted by atomic mass is 10.0. The maximum atomic E-state index is 13.6. The smallest absolute Gasteiger partial charge is 0.360 e. The Morgan fingerprint density at radius 3 is 2.59 bits per heavy atom. The summed E-state index contributed by atoms with van der Waals surface area (Å²) in [5, 5.41) is 9.53. The van der Waals surface area contributed by atoms with Gasteiger partial charge < -0.3 is 10.6 Å². The average molecular weight is 435 g/mol. The van der Waals surface area contributed by atoms with E-state index in [4.69, 9.17) is 36.0 Å². The monoisotopic (exact) mass is 434 g/mol. The zero-order chi connectivity index (χ0) is 19.8. The van der Waals surface area contributed by atoms with E-state index >= 15 is 0 Å². The zero-order valence-corrected chi connectivity index (χ0v) is 15.8. The Bertz CT molecular complexity index is 869. The standard InChI is InChI=1S/C15H11ClF3N5OS2/c16-8-1-3-9(4-2-8)24-11(15(17,18)19)10(7-21-24)12(25)22-14(27)23-6-5-20-13(23)26/h1-4,7,10H,5-6H2,(H-,20,22,25,26,27)/p+1. The van der Waals surface area contributed by atoms with Gasteiger partial charge in [-0.15, -0.1) is 0 Å². The van der Waals surface area contributed by atoms with Gasteiger partial charge in [-0.2, -0.15) is 13.2 Å². The van der Waals surface area contributed by atoms with Crippen molar-refractivity contribution in [3.63, 3.8) is 0 Å². The molecule has 12 heteroatoms. The molecule has 142 valence electrons. The van der Waals surface area contributed by atoms with E-state index in [0.717, 1.165) is 6.21 Å². The van der Waals surface area contributed by atoms with Crippen molar-refractivity contribution in [2.24, 2.45) is 11.0 Å². The molecular formula is C15H12ClF3N5OS2+. The van der Waals surface area contributed by atoms with Crippen molar-refractivity contribution in [1.29, 1.82) is 0 Å². The number of hydrogen-bond acceptors (Lipinski definition) is 4. The minimum absolute atomic E-state index is 0.0603. The Kier molecular flexibility index (Phi) is 5.45. The van der Waals surface area contributed by atoms with Crippen LogP contribution in [0.3, 0.4) is 0 Å². The summed E-state index contributed by atoms with van der Waals surface area (Å²) >= 11 is 15.9. The molecule has 3 rings (SSSR count). The molecule has 0 aromatic heterocycles. The number of alkyl halides is 3. The summed E-state index contributed by atoms with van der Waals surface area (Å²) < 4.78 is 41.6. The number of nitrogens with zero attached hydrogens (tertiary/aromatic N) is 3. The topological polar surface area (TPSA) is 59.7 Å². The summed E-state index contributed by atoms with van der Waals surface area (Å²) in [7, 11) is 0. The van der Waals surface area contributed by atoms with Crippen molar-refractivity contribution in [3.8, 4) is 0 Å². The molecule has 0 radical (unpaired) electrons. The maximum Gasteiger partial charge on any atom is 0.477 e. The molecule has 1 aromatic carbocycles. The molecule has 6 nitrogen and oxygen atoms in total. The molecule has 1 saturated heterocycles. The third-order valence-corrected chi connectivity index (χ3v) is 4.77. The maximum absolute atomic E-state index is 13.6. The van der Waals surface area contributed by atoms with Crippen molar-refractivity contribution in [2.45, 2.75) is 6.18 Å². The highest BCUT2D eigenvalue weighted by atomic mass is 35.5. The molecule has 27 heavy (non-hydrogen) atoms. The number of benzene rings is 1. The molecule has 2 N–H and O–H groups in total. The molecule has 1 atom stereocenters. The predicted molar refractivity (Wildman–Crippen MR) is 102 cm³/mol. The molecule has 0 bridgehead atoms. The van der Waals surface area contributed by atoms with E-state index < -0.39 is 23.7 Å². The lowest BCUT2D eigenvalue weighted by Gasteiger charge is -2.19. The predicted octanol–water partition coefficient (Wildman–Crippen LogP) is 2.19. The van der Waals surface area contributed by atoms with Crippen LogP contribution in [0.5, 0.6) is 0 Å². The minimum atomic E-state index is -4.79. The Hall–Kier alpha value is -2.11. The minimum Gasteiger partial charge on any atom is -0.360 e. The number of carbonyl (C=O) groups is 1. The molecular weight excluding hydrogens is 423 g/mol. The Morgan fingerprint density at radius 1 is 1.37 bits per heavy atom. The van der Waals surface area contributed by atoms with Crippen LogP contribution < -0.4 is 10.6 Å². The van der Waals surface area contributed by atoms with E-state index in [9.17, 15) is 18.0 Å². The van der Waals surface area contributed by atoms with Crippen molar-refractivity contribution >= 4 is 69.8 Å². The van der Waals surface area contributed by atoms with E-state index in [0.29, 0.717) is 27.9 Å². The van der Waals surface area contributed by atoms with Gasteiger partial charge in [0, 0.05) is 30.2 Å². The summed E-state index contributed by atoms with van der Waals surface area (Å²) in [6, 6.07) is 5.63. The Morgan fingerprint density at radius 2 is 2.04 bits per heavy atom. The van der Waals surface area contributed by atoms with Crippen LogP contribution in [0, 0.1) is 5.92 Å². The first-order chi connectivity index (χ1) is 12.7. The van der Waals surface area contributed by atoms with Gasteiger partial charge in [0.25, 0.3) is 0 Å². The first kappa shape index (κ1) is 19.6. The van der Waals surface area contributed by atoms with Gasteiger partial charge in [0.05, 0.1) is 6.21 Å². The number of halogens is 4. The van der Waals surface area contributed by atoms with Crippen LogP contribution >= 0.6 is 36.0 Å². The summed E-state index contributed by atoms with van der Waals surface area (Å²) in [6.07, 6.45) is -3.86. The summed E-state index contributed by atoms with van der Waals surface area (Å²) in [5.41, 5.74) is -1.00. The fourth-order valence-electron chi connectivity index (χ4n) is 2.59. The highest BCUT2D eigenvalue weighted by Crippen LogP contribution is 2.29. The van der Waals surface area contributed by atoms with Crippen molar-refractivity contribution < 1.29 is 22.7 Å². The zero-order valence-electron chi connectivity index (χ0n) is 13.5. The number of hydrazone groups is 1. The van der Waals surface area contributed by atoms with Crippen LogP contribution in [-0.4, -0.2) is 56.9 Å². The number of amides is 1. The number of carbonyl (C=O) groups excluding carboxylic acids is 1. The number of thiocarbonyl (C=S) groups is 2. The third kappa shape index (κ3) is 4.09. The first-order valence-corrected chi connectivity index (χ1v) is 8.82. The van der Waals surface area contributed by atoms with E-state index in [-0.39, 0.29) is 10.8 Å². The second kappa shape index (κ2) is 7.49. The first-order valence-electron chi connectivity index (χ1n) is 7.62. The van der Waals surface area contributed by atoms with Gasteiger partial charge in [-0.3, -0.25) is 9.69 Å². The Balaban J connectivity index is 1.87. The fraction of sp³-hybridized carbons (Fsp3) is 0.267. The van der Waals surface area contributed by atoms with Crippen molar-refractivity contribution in [1.82, 2.24) is 15.5 Å². The SMILES string of the molecule is O=C(NC(=S)N1CCNC1=S)C1C=N[N+](c2ccc(Cl)cc2)=C1C(F)(F)F. The summed E-state index contributed by atoms with van der Waals surface area (Å²) in [4.78, 5) is 13.9. The number of nitrogens with one attached hydrogen (secondary N) is 2. The molecule has 1 fully saturated rings. The van der Waals surface area contributed by atoms with Gasteiger partial charge in [-0.25, -0.2) is 0 Å². The average Bonchev–Trinajstić information content (AvgIpc) is 3.21. The lowest BCUT2D eigenvalue weighted by Crippen LogP contribution is -2.49. The van der Waals surface area contributed by atoms with Gasteiger partial charge in [0.2, 0.25) is 11.6 Å². The Labute approximate surface area is 167 Å². The van der Waals surface area contributed by atoms with Crippen LogP contribution in [0.1, 0.15) is 0 Å². The highest BCUT2D eigenvalue weighted by Gasteiger charge is 2.55. The van der Waals surface area contributed by atoms with Gasteiger partial charge in [-0.05, 0) is 46.4 Å². The van der Waals surface area contributed by atoms with E-state index in [1.54, 1.807) is 0 Å². The lowest BCUT2D eigenvalue weighted by molar-refractivity contribution is -0.451. The van der Waals surface area contributed by atoms with E-state index in [1.165, 1.54) is 29.2 Å². The van der Waals surface area contributed by atoms with Crippen LogP contribution in [0.2, 0.25) is 5.02 Å². The van der Waals surface area contributed by atoms with E-state index in [2.05, 4.69) is 15.7 Å². The van der Waals surface area contributed by atoms with Crippen LogP contribution in [0.15, 0.2) is 29.4 Å². The molecule has 1 amide bonds. The normalized spacial score (nSPS) is 19.5. The molecule has 0 aliphatic carbocycles. The molecule has 0 saturated carbocycles. The quantitative estimate of drug-likeness (QED) is 0.552. The summed E-state index contributed by atoms with van der Waals surface area (Å²) in [6.45, 7) is 0.952.